The number of fused-ring (bicyclic) bond motifs is 1. The van der Waals surface area contributed by atoms with Gasteiger partial charge in [-0.25, -0.2) is 24.3 Å². The highest BCUT2D eigenvalue weighted by Crippen LogP contribution is 2.31. The van der Waals surface area contributed by atoms with Crippen molar-refractivity contribution in [2.45, 2.75) is 41.2 Å². The van der Waals surface area contributed by atoms with Crippen LogP contribution >= 0.6 is 0 Å². The third-order valence-electron chi connectivity index (χ3n) is 5.96. The Balaban J connectivity index is 1.67. The van der Waals surface area contributed by atoms with Crippen LogP contribution in [0.15, 0.2) is 54.9 Å². The summed E-state index contributed by atoms with van der Waals surface area (Å²) in [4.78, 5) is 18.9. The first kappa shape index (κ1) is 22.8. The second kappa shape index (κ2) is 8.98. The molecule has 5 aromatic rings. The van der Waals surface area contributed by atoms with Gasteiger partial charge in [0.15, 0.2) is 11.5 Å². The molecule has 0 saturated carbocycles. The summed E-state index contributed by atoms with van der Waals surface area (Å²) in [5.74, 6) is 0.637. The van der Waals surface area contributed by atoms with Crippen molar-refractivity contribution in [1.82, 2.24) is 29.7 Å². The van der Waals surface area contributed by atoms with Crippen LogP contribution in [0.25, 0.3) is 44.9 Å². The van der Waals surface area contributed by atoms with Crippen molar-refractivity contribution < 1.29 is 4.39 Å². The zero-order chi connectivity index (χ0) is 24.7. The van der Waals surface area contributed by atoms with E-state index in [1.165, 1.54) is 6.07 Å². The van der Waals surface area contributed by atoms with Gasteiger partial charge in [0.2, 0.25) is 0 Å². The molecule has 0 bridgehead atoms. The van der Waals surface area contributed by atoms with Crippen molar-refractivity contribution in [3.63, 3.8) is 0 Å². The van der Waals surface area contributed by atoms with Gasteiger partial charge in [0, 0.05) is 29.4 Å². The Morgan fingerprint density at radius 1 is 0.857 bits per heavy atom. The number of hydrogen-bond donors (Lipinski definition) is 0. The zero-order valence-electron chi connectivity index (χ0n) is 20.5. The summed E-state index contributed by atoms with van der Waals surface area (Å²) in [6.07, 6.45) is 3.92. The van der Waals surface area contributed by atoms with Crippen molar-refractivity contribution in [3.05, 3.63) is 77.6 Å². The molecule has 0 aliphatic rings. The average Bonchev–Trinajstić information content (AvgIpc) is 3.27. The molecule has 35 heavy (non-hydrogen) atoms. The molecular formula is C28H27FN6. The normalized spacial score (nSPS) is 11.5. The van der Waals surface area contributed by atoms with Crippen molar-refractivity contribution in [3.8, 4) is 33.8 Å². The van der Waals surface area contributed by atoms with Crippen LogP contribution in [0, 0.1) is 32.5 Å². The molecule has 0 saturated heterocycles. The summed E-state index contributed by atoms with van der Waals surface area (Å²) in [6.45, 7) is 10.8. The monoisotopic (exact) mass is 466 g/mol. The van der Waals surface area contributed by atoms with Gasteiger partial charge in [-0.1, -0.05) is 38.1 Å². The molecule has 0 aliphatic heterocycles. The molecule has 0 radical (unpaired) electrons. The average molecular weight is 467 g/mol. The molecule has 2 aromatic carbocycles. The predicted octanol–water partition coefficient (Wildman–Crippen LogP) is 6.34. The highest BCUT2D eigenvalue weighted by Gasteiger charge is 2.18. The Bertz CT molecular complexity index is 1550. The third-order valence-corrected chi connectivity index (χ3v) is 5.96. The standard InChI is InChI=1S/C28H27FN6/c1-16(2)14-35-15-22(13-30-35)20-7-6-8-21(12-20)27-33-25(23-10-9-17(3)11-24(23)29)26-28(34-27)32-19(5)18(4)31-26/h6-13,15-16H,14H2,1-5H3. The molecule has 3 aromatic heterocycles. The van der Waals surface area contributed by atoms with Crippen molar-refractivity contribution in [2.75, 3.05) is 0 Å². The van der Waals surface area contributed by atoms with E-state index in [2.05, 4.69) is 28.9 Å². The van der Waals surface area contributed by atoms with E-state index in [1.807, 2.05) is 68.2 Å². The fraction of sp³-hybridized carbons (Fsp3) is 0.250. The van der Waals surface area contributed by atoms with Crippen LogP contribution in [0.1, 0.15) is 30.8 Å². The van der Waals surface area contributed by atoms with Gasteiger partial charge in [0.05, 0.1) is 17.6 Å². The summed E-state index contributed by atoms with van der Waals surface area (Å²) in [5.41, 5.74) is 6.99. The fourth-order valence-corrected chi connectivity index (χ4v) is 4.07. The van der Waals surface area contributed by atoms with Gasteiger partial charge < -0.3 is 0 Å². The summed E-state index contributed by atoms with van der Waals surface area (Å²) >= 11 is 0. The summed E-state index contributed by atoms with van der Waals surface area (Å²) in [7, 11) is 0. The molecule has 0 atom stereocenters. The molecule has 7 heteroatoms. The van der Waals surface area contributed by atoms with Gasteiger partial charge in [0.1, 0.15) is 17.0 Å². The van der Waals surface area contributed by atoms with Crippen LogP contribution < -0.4 is 0 Å². The van der Waals surface area contributed by atoms with Gasteiger partial charge >= 0.3 is 0 Å². The van der Waals surface area contributed by atoms with Gasteiger partial charge in [-0.05, 0) is 56.0 Å². The number of hydrogen-bond acceptors (Lipinski definition) is 5. The number of nitrogens with zero attached hydrogens (tertiary/aromatic N) is 6. The van der Waals surface area contributed by atoms with E-state index >= 15 is 4.39 Å². The van der Waals surface area contributed by atoms with Gasteiger partial charge in [-0.3, -0.25) is 4.68 Å². The van der Waals surface area contributed by atoms with Gasteiger partial charge in [-0.2, -0.15) is 5.10 Å². The quantitative estimate of drug-likeness (QED) is 0.302. The Morgan fingerprint density at radius 3 is 2.40 bits per heavy atom. The van der Waals surface area contributed by atoms with E-state index < -0.39 is 0 Å². The molecule has 0 unspecified atom stereocenters. The molecular weight excluding hydrogens is 439 g/mol. The maximum absolute atomic E-state index is 15.0. The second-order valence-electron chi connectivity index (χ2n) is 9.37. The van der Waals surface area contributed by atoms with Gasteiger partial charge in [0.25, 0.3) is 0 Å². The van der Waals surface area contributed by atoms with E-state index in [0.717, 1.165) is 40.2 Å². The summed E-state index contributed by atoms with van der Waals surface area (Å²) in [5, 5.41) is 4.49. The van der Waals surface area contributed by atoms with E-state index in [-0.39, 0.29) is 5.82 Å². The second-order valence-corrected chi connectivity index (χ2v) is 9.37. The minimum absolute atomic E-state index is 0.345. The summed E-state index contributed by atoms with van der Waals surface area (Å²) < 4.78 is 17.0. The third kappa shape index (κ3) is 4.54. The van der Waals surface area contributed by atoms with Crippen molar-refractivity contribution >= 4 is 11.2 Å². The minimum atomic E-state index is -0.345. The van der Waals surface area contributed by atoms with E-state index in [4.69, 9.17) is 9.97 Å². The van der Waals surface area contributed by atoms with Crippen LogP contribution in [0.5, 0.6) is 0 Å². The largest absolute Gasteiger partial charge is 0.272 e. The lowest BCUT2D eigenvalue weighted by molar-refractivity contribution is 0.483. The maximum atomic E-state index is 15.0. The first-order chi connectivity index (χ1) is 16.8. The molecule has 6 nitrogen and oxygen atoms in total. The maximum Gasteiger partial charge on any atom is 0.182 e. The molecule has 5 rings (SSSR count). The molecule has 0 N–H and O–H groups in total. The lowest BCUT2D eigenvalue weighted by atomic mass is 10.0. The molecule has 176 valence electrons. The van der Waals surface area contributed by atoms with Crippen LogP contribution in [-0.4, -0.2) is 29.7 Å². The molecule has 3 heterocycles. The first-order valence-electron chi connectivity index (χ1n) is 11.7. The predicted molar refractivity (Wildman–Crippen MR) is 136 cm³/mol. The Morgan fingerprint density at radius 2 is 1.63 bits per heavy atom. The SMILES string of the molecule is Cc1ccc(-c2nc(-c3cccc(-c4cnn(CC(C)C)c4)c3)nc3nc(C)c(C)nc23)c(F)c1. The van der Waals surface area contributed by atoms with E-state index in [9.17, 15) is 0 Å². The lowest BCUT2D eigenvalue weighted by Gasteiger charge is -2.11. The number of halogens is 1. The Kier molecular flexibility index (Phi) is 5.84. The smallest absolute Gasteiger partial charge is 0.182 e. The molecule has 0 amide bonds. The van der Waals surface area contributed by atoms with Crippen LogP contribution in [-0.2, 0) is 6.54 Å². The van der Waals surface area contributed by atoms with Crippen LogP contribution in [0.2, 0.25) is 0 Å². The Hall–Kier alpha value is -4.00. The highest BCUT2D eigenvalue weighted by atomic mass is 19.1. The van der Waals surface area contributed by atoms with Gasteiger partial charge in [-0.15, -0.1) is 0 Å². The van der Waals surface area contributed by atoms with E-state index in [1.54, 1.807) is 6.07 Å². The van der Waals surface area contributed by atoms with Crippen molar-refractivity contribution in [1.29, 1.82) is 0 Å². The van der Waals surface area contributed by atoms with Crippen LogP contribution in [0.3, 0.4) is 0 Å². The molecule has 0 spiro atoms. The number of aryl methyl sites for hydroxylation is 3. The summed E-state index contributed by atoms with van der Waals surface area (Å²) in [6, 6.07) is 13.1. The number of aromatic nitrogens is 6. The van der Waals surface area contributed by atoms with E-state index in [0.29, 0.717) is 34.2 Å². The lowest BCUT2D eigenvalue weighted by Crippen LogP contribution is -2.04. The zero-order valence-corrected chi connectivity index (χ0v) is 20.5. The number of benzene rings is 2. The number of rotatable bonds is 5. The van der Waals surface area contributed by atoms with Crippen molar-refractivity contribution in [2.24, 2.45) is 5.92 Å². The topological polar surface area (TPSA) is 69.4 Å². The van der Waals surface area contributed by atoms with Crippen LogP contribution in [0.4, 0.5) is 4.39 Å². The fourth-order valence-electron chi connectivity index (χ4n) is 4.07. The molecule has 0 aliphatic carbocycles. The minimum Gasteiger partial charge on any atom is -0.272 e. The Labute approximate surface area is 203 Å². The molecule has 0 fully saturated rings. The first-order valence-corrected chi connectivity index (χ1v) is 11.7. The highest BCUT2D eigenvalue weighted by molar-refractivity contribution is 5.89.